The predicted molar refractivity (Wildman–Crippen MR) is 114 cm³/mol. The Bertz CT molecular complexity index is 822. The van der Waals surface area contributed by atoms with Crippen LogP contribution < -0.4 is 0 Å². The summed E-state index contributed by atoms with van der Waals surface area (Å²) in [6.07, 6.45) is 0.928. The van der Waals surface area contributed by atoms with Crippen molar-refractivity contribution >= 4 is 16.9 Å². The highest BCUT2D eigenvalue weighted by Crippen LogP contribution is 2.19. The van der Waals surface area contributed by atoms with Gasteiger partial charge in [-0.15, -0.1) is 0 Å². The fraction of sp³-hybridized carbons (Fsp3) is 0.636. The van der Waals surface area contributed by atoms with Crippen LogP contribution in [0.3, 0.4) is 0 Å². The molecule has 0 bridgehead atoms. The SMILES string of the molecule is CC(=O)N1CCN([C@@H](C)Cc2nc3ccccc3n2CCN2CCOCC2)CC1. The number of hydrogen-bond acceptors (Lipinski definition) is 5. The number of carbonyl (C=O) groups is 1. The highest BCUT2D eigenvalue weighted by Gasteiger charge is 2.24. The fourth-order valence-electron chi connectivity index (χ4n) is 4.47. The van der Waals surface area contributed by atoms with Crippen LogP contribution in [0, 0.1) is 0 Å². The van der Waals surface area contributed by atoms with E-state index in [1.165, 1.54) is 11.3 Å². The summed E-state index contributed by atoms with van der Waals surface area (Å²) < 4.78 is 7.89. The zero-order valence-electron chi connectivity index (χ0n) is 17.7. The van der Waals surface area contributed by atoms with Gasteiger partial charge in [0.15, 0.2) is 0 Å². The number of morpholine rings is 1. The predicted octanol–water partition coefficient (Wildman–Crippen LogP) is 1.46. The van der Waals surface area contributed by atoms with Crippen molar-refractivity contribution in [2.24, 2.45) is 0 Å². The molecule has 0 unspecified atom stereocenters. The topological polar surface area (TPSA) is 53.8 Å². The molecule has 29 heavy (non-hydrogen) atoms. The van der Waals surface area contributed by atoms with E-state index in [0.29, 0.717) is 6.04 Å². The molecule has 2 saturated heterocycles. The molecular formula is C22H33N5O2. The standard InChI is InChI=1S/C22H33N5O2/c1-18(25-8-10-26(11-9-25)19(2)28)17-22-23-20-5-3-4-6-21(20)27(22)12-7-24-13-15-29-16-14-24/h3-6,18H,7-17H2,1-2H3/t18-/m0/s1. The van der Waals surface area contributed by atoms with Crippen LogP contribution in [0.25, 0.3) is 11.0 Å². The third kappa shape index (κ3) is 4.79. The van der Waals surface area contributed by atoms with E-state index in [-0.39, 0.29) is 5.91 Å². The smallest absolute Gasteiger partial charge is 0.219 e. The summed E-state index contributed by atoms with van der Waals surface area (Å²) in [5, 5.41) is 0. The second-order valence-electron chi connectivity index (χ2n) is 8.22. The van der Waals surface area contributed by atoms with Gasteiger partial charge in [-0.25, -0.2) is 4.98 Å². The Hall–Kier alpha value is -1.96. The summed E-state index contributed by atoms with van der Waals surface area (Å²) >= 11 is 0. The number of rotatable bonds is 6. The van der Waals surface area contributed by atoms with Crippen LogP contribution in [0.15, 0.2) is 24.3 Å². The Morgan fingerprint density at radius 3 is 2.52 bits per heavy atom. The largest absolute Gasteiger partial charge is 0.379 e. The monoisotopic (exact) mass is 399 g/mol. The number of imidazole rings is 1. The number of para-hydroxylation sites is 2. The van der Waals surface area contributed by atoms with Gasteiger partial charge >= 0.3 is 0 Å². The molecule has 0 aliphatic carbocycles. The number of aromatic nitrogens is 2. The van der Waals surface area contributed by atoms with E-state index >= 15 is 0 Å². The number of hydrogen-bond donors (Lipinski definition) is 0. The van der Waals surface area contributed by atoms with E-state index in [4.69, 9.17) is 9.72 Å². The summed E-state index contributed by atoms with van der Waals surface area (Å²) in [7, 11) is 0. The van der Waals surface area contributed by atoms with Crippen molar-refractivity contribution in [3.63, 3.8) is 0 Å². The molecular weight excluding hydrogens is 366 g/mol. The second kappa shape index (κ2) is 9.24. The van der Waals surface area contributed by atoms with Crippen LogP contribution in [0.1, 0.15) is 19.7 Å². The van der Waals surface area contributed by atoms with Gasteiger partial charge in [-0.05, 0) is 19.1 Å². The Morgan fingerprint density at radius 2 is 1.79 bits per heavy atom. The fourth-order valence-corrected chi connectivity index (χ4v) is 4.47. The average molecular weight is 400 g/mol. The van der Waals surface area contributed by atoms with Gasteiger partial charge in [-0.1, -0.05) is 12.1 Å². The minimum absolute atomic E-state index is 0.183. The van der Waals surface area contributed by atoms with Crippen LogP contribution in [-0.4, -0.2) is 95.2 Å². The van der Waals surface area contributed by atoms with Crippen molar-refractivity contribution in [2.45, 2.75) is 32.9 Å². The molecule has 1 atom stereocenters. The quantitative estimate of drug-likeness (QED) is 0.736. The summed E-state index contributed by atoms with van der Waals surface area (Å²) in [5.41, 5.74) is 2.31. The molecule has 2 aromatic rings. The molecule has 2 aliphatic heterocycles. The third-order valence-corrected chi connectivity index (χ3v) is 6.34. The minimum atomic E-state index is 0.183. The number of fused-ring (bicyclic) bond motifs is 1. The van der Waals surface area contributed by atoms with E-state index in [1.807, 2.05) is 4.90 Å². The molecule has 4 rings (SSSR count). The first-order valence-electron chi connectivity index (χ1n) is 10.9. The molecule has 158 valence electrons. The molecule has 0 radical (unpaired) electrons. The maximum absolute atomic E-state index is 11.6. The molecule has 3 heterocycles. The number of piperazine rings is 1. The summed E-state index contributed by atoms with van der Waals surface area (Å²) in [5.74, 6) is 1.35. The van der Waals surface area contributed by atoms with Gasteiger partial charge in [0, 0.05) is 71.7 Å². The first-order chi connectivity index (χ1) is 14.1. The molecule has 7 nitrogen and oxygen atoms in total. The van der Waals surface area contributed by atoms with E-state index in [9.17, 15) is 4.79 Å². The van der Waals surface area contributed by atoms with Crippen molar-refractivity contribution in [1.82, 2.24) is 24.3 Å². The first kappa shape index (κ1) is 20.3. The minimum Gasteiger partial charge on any atom is -0.379 e. The van der Waals surface area contributed by atoms with Gasteiger partial charge in [0.1, 0.15) is 5.82 Å². The van der Waals surface area contributed by atoms with Gasteiger partial charge in [0.25, 0.3) is 0 Å². The molecule has 2 fully saturated rings. The number of carbonyl (C=O) groups excluding carboxylic acids is 1. The summed E-state index contributed by atoms with van der Waals surface area (Å²) in [6.45, 7) is 13.2. The zero-order valence-corrected chi connectivity index (χ0v) is 17.7. The Kier molecular flexibility index (Phi) is 6.47. The van der Waals surface area contributed by atoms with Crippen LogP contribution in [-0.2, 0) is 22.5 Å². The van der Waals surface area contributed by atoms with Crippen LogP contribution in [0.4, 0.5) is 0 Å². The summed E-state index contributed by atoms with van der Waals surface area (Å²) in [4.78, 5) is 23.5. The lowest BCUT2D eigenvalue weighted by Crippen LogP contribution is -2.51. The highest BCUT2D eigenvalue weighted by atomic mass is 16.5. The molecule has 1 aromatic carbocycles. The van der Waals surface area contributed by atoms with E-state index in [0.717, 1.165) is 77.5 Å². The van der Waals surface area contributed by atoms with Crippen molar-refractivity contribution in [3.05, 3.63) is 30.1 Å². The van der Waals surface area contributed by atoms with Crippen LogP contribution >= 0.6 is 0 Å². The number of nitrogens with zero attached hydrogens (tertiary/aromatic N) is 5. The van der Waals surface area contributed by atoms with Gasteiger partial charge in [0.05, 0.1) is 24.2 Å². The Labute approximate surface area is 173 Å². The third-order valence-electron chi connectivity index (χ3n) is 6.34. The molecule has 2 aliphatic rings. The summed E-state index contributed by atoms with van der Waals surface area (Å²) in [6, 6.07) is 8.87. The van der Waals surface area contributed by atoms with Crippen molar-refractivity contribution in [1.29, 1.82) is 0 Å². The molecule has 1 amide bonds. The van der Waals surface area contributed by atoms with Gasteiger partial charge < -0.3 is 14.2 Å². The average Bonchev–Trinajstić information content (AvgIpc) is 3.10. The van der Waals surface area contributed by atoms with E-state index < -0.39 is 0 Å². The lowest BCUT2D eigenvalue weighted by atomic mass is 10.1. The van der Waals surface area contributed by atoms with Gasteiger partial charge in [-0.3, -0.25) is 14.6 Å². The lowest BCUT2D eigenvalue weighted by Gasteiger charge is -2.37. The Balaban J connectivity index is 1.45. The first-order valence-corrected chi connectivity index (χ1v) is 10.9. The molecule has 1 aromatic heterocycles. The molecule has 0 spiro atoms. The van der Waals surface area contributed by atoms with E-state index in [2.05, 4.69) is 45.6 Å². The maximum atomic E-state index is 11.6. The second-order valence-corrected chi connectivity index (χ2v) is 8.22. The maximum Gasteiger partial charge on any atom is 0.219 e. The van der Waals surface area contributed by atoms with Crippen molar-refractivity contribution in [2.75, 3.05) is 59.0 Å². The number of ether oxygens (including phenoxy) is 1. The van der Waals surface area contributed by atoms with Gasteiger partial charge in [0.2, 0.25) is 5.91 Å². The van der Waals surface area contributed by atoms with Crippen LogP contribution in [0.5, 0.6) is 0 Å². The van der Waals surface area contributed by atoms with E-state index in [1.54, 1.807) is 6.92 Å². The molecule has 0 N–H and O–H groups in total. The Morgan fingerprint density at radius 1 is 1.07 bits per heavy atom. The number of benzene rings is 1. The van der Waals surface area contributed by atoms with Crippen molar-refractivity contribution in [3.8, 4) is 0 Å². The zero-order chi connectivity index (χ0) is 20.2. The van der Waals surface area contributed by atoms with Crippen LogP contribution in [0.2, 0.25) is 0 Å². The molecule has 7 heteroatoms. The molecule has 0 saturated carbocycles. The number of amides is 1. The van der Waals surface area contributed by atoms with Crippen molar-refractivity contribution < 1.29 is 9.53 Å². The highest BCUT2D eigenvalue weighted by molar-refractivity contribution is 5.76. The van der Waals surface area contributed by atoms with Gasteiger partial charge in [-0.2, -0.15) is 0 Å². The lowest BCUT2D eigenvalue weighted by molar-refractivity contribution is -0.130. The normalized spacial score (nSPS) is 20.3.